The average Bonchev–Trinajstić information content (AvgIpc) is 3.27. The van der Waals surface area contributed by atoms with Gasteiger partial charge < -0.3 is 14.1 Å². The third-order valence-electron chi connectivity index (χ3n) is 5.41. The average molecular weight is 436 g/mol. The van der Waals surface area contributed by atoms with Gasteiger partial charge in [0.1, 0.15) is 18.1 Å². The molecule has 0 radical (unpaired) electrons. The smallest absolute Gasteiger partial charge is 0.289 e. The first-order valence-electron chi connectivity index (χ1n) is 10.4. The van der Waals surface area contributed by atoms with Crippen LogP contribution in [0, 0.1) is 17.0 Å². The zero-order valence-electron chi connectivity index (χ0n) is 17.8. The fourth-order valence-corrected chi connectivity index (χ4v) is 3.66. The Bertz CT molecular complexity index is 1090. The molecule has 0 atom stereocenters. The van der Waals surface area contributed by atoms with Crippen molar-refractivity contribution >= 4 is 11.6 Å². The van der Waals surface area contributed by atoms with Gasteiger partial charge in [-0.3, -0.25) is 24.8 Å². The maximum absolute atomic E-state index is 12.8. The number of aryl methyl sites for hydroxylation is 1. The predicted octanol–water partition coefficient (Wildman–Crippen LogP) is 3.43. The molecular formula is C23H24N4O5. The molecule has 3 aromatic rings. The number of carbonyl (C=O) groups excluding carboxylic acids is 1. The van der Waals surface area contributed by atoms with E-state index in [-0.39, 0.29) is 24.0 Å². The highest BCUT2D eigenvalue weighted by molar-refractivity contribution is 5.91. The molecule has 166 valence electrons. The second-order valence-corrected chi connectivity index (χ2v) is 7.69. The maximum atomic E-state index is 12.8. The predicted molar refractivity (Wildman–Crippen MR) is 116 cm³/mol. The van der Waals surface area contributed by atoms with Crippen molar-refractivity contribution in [3.8, 4) is 5.75 Å². The number of nitrogens with zero attached hydrogens (tertiary/aromatic N) is 4. The molecule has 32 heavy (non-hydrogen) atoms. The number of piperazine rings is 1. The van der Waals surface area contributed by atoms with Gasteiger partial charge in [-0.25, -0.2) is 0 Å². The van der Waals surface area contributed by atoms with Crippen LogP contribution in [-0.2, 0) is 13.2 Å². The Hall–Kier alpha value is -3.72. The molecule has 9 nitrogen and oxygen atoms in total. The van der Waals surface area contributed by atoms with Crippen molar-refractivity contribution in [3.05, 3.63) is 87.6 Å². The Labute approximate surface area is 185 Å². The first kappa shape index (κ1) is 21.5. The molecule has 1 amide bonds. The maximum Gasteiger partial charge on any atom is 0.289 e. The van der Waals surface area contributed by atoms with Gasteiger partial charge in [0.15, 0.2) is 5.76 Å². The summed E-state index contributed by atoms with van der Waals surface area (Å²) in [7, 11) is 0. The molecule has 3 heterocycles. The number of benzene rings is 1. The second-order valence-electron chi connectivity index (χ2n) is 7.69. The lowest BCUT2D eigenvalue weighted by Crippen LogP contribution is -2.48. The number of nitro groups is 1. The van der Waals surface area contributed by atoms with Gasteiger partial charge >= 0.3 is 0 Å². The summed E-state index contributed by atoms with van der Waals surface area (Å²) in [4.78, 5) is 31.5. The molecule has 1 aliphatic rings. The van der Waals surface area contributed by atoms with Crippen LogP contribution < -0.4 is 4.74 Å². The fourth-order valence-electron chi connectivity index (χ4n) is 3.66. The van der Waals surface area contributed by atoms with E-state index in [1.165, 1.54) is 6.07 Å². The van der Waals surface area contributed by atoms with Crippen molar-refractivity contribution in [1.29, 1.82) is 0 Å². The monoisotopic (exact) mass is 436 g/mol. The normalized spacial score (nSPS) is 14.3. The zero-order valence-corrected chi connectivity index (χ0v) is 17.8. The molecule has 0 spiro atoms. The first-order valence-corrected chi connectivity index (χ1v) is 10.4. The lowest BCUT2D eigenvalue weighted by molar-refractivity contribution is -0.385. The zero-order chi connectivity index (χ0) is 22.5. The summed E-state index contributed by atoms with van der Waals surface area (Å²) in [6.45, 7) is 5.45. The molecule has 0 saturated carbocycles. The van der Waals surface area contributed by atoms with Gasteiger partial charge in [-0.05, 0) is 42.8 Å². The van der Waals surface area contributed by atoms with E-state index >= 15 is 0 Å². The highest BCUT2D eigenvalue weighted by Crippen LogP contribution is 2.24. The molecule has 0 unspecified atom stereocenters. The van der Waals surface area contributed by atoms with Crippen LogP contribution in [0.15, 0.2) is 59.3 Å². The van der Waals surface area contributed by atoms with E-state index in [0.29, 0.717) is 30.2 Å². The number of hydrogen-bond acceptors (Lipinski definition) is 7. The third kappa shape index (κ3) is 5.12. The molecule has 1 aromatic carbocycles. The molecular weight excluding hydrogens is 412 g/mol. The van der Waals surface area contributed by atoms with Gasteiger partial charge in [0.25, 0.3) is 11.6 Å². The summed E-state index contributed by atoms with van der Waals surface area (Å²) in [5, 5.41) is 10.9. The van der Waals surface area contributed by atoms with E-state index in [0.717, 1.165) is 25.2 Å². The number of nitro benzene ring substituents is 1. The Balaban J connectivity index is 1.28. The topological polar surface area (TPSA) is 102 Å². The van der Waals surface area contributed by atoms with E-state index in [1.54, 1.807) is 42.3 Å². The van der Waals surface area contributed by atoms with E-state index in [9.17, 15) is 14.9 Å². The van der Waals surface area contributed by atoms with Crippen LogP contribution in [0.2, 0.25) is 0 Å². The third-order valence-corrected chi connectivity index (χ3v) is 5.41. The van der Waals surface area contributed by atoms with Crippen LogP contribution in [0.3, 0.4) is 0 Å². The van der Waals surface area contributed by atoms with Crippen molar-refractivity contribution in [1.82, 2.24) is 14.8 Å². The molecule has 2 aromatic heterocycles. The van der Waals surface area contributed by atoms with Gasteiger partial charge in [0, 0.05) is 56.7 Å². The quantitative estimate of drug-likeness (QED) is 0.413. The van der Waals surface area contributed by atoms with E-state index in [2.05, 4.69) is 16.0 Å². The van der Waals surface area contributed by atoms with Gasteiger partial charge in [-0.15, -0.1) is 0 Å². The molecule has 1 aliphatic heterocycles. The SMILES string of the molecule is Cc1cc(OCc2ccc(C(=O)N3CCN(Cc4cccnc4)CC3)o2)ccc1[N+](=O)[O-]. The van der Waals surface area contributed by atoms with Crippen molar-refractivity contribution in [2.45, 2.75) is 20.1 Å². The van der Waals surface area contributed by atoms with Crippen molar-refractivity contribution in [2.75, 3.05) is 26.2 Å². The standard InChI is InChI=1S/C23H24N4O5/c1-17-13-19(4-6-21(17)27(29)30)31-16-20-5-7-22(32-20)23(28)26-11-9-25(10-12-26)15-18-3-2-8-24-14-18/h2-8,13-14H,9-12,15-16H2,1H3. The lowest BCUT2D eigenvalue weighted by atomic mass is 10.2. The van der Waals surface area contributed by atoms with Gasteiger partial charge in [-0.1, -0.05) is 6.07 Å². The lowest BCUT2D eigenvalue weighted by Gasteiger charge is -2.34. The number of carbonyl (C=O) groups is 1. The van der Waals surface area contributed by atoms with Crippen LogP contribution in [0.5, 0.6) is 5.75 Å². The van der Waals surface area contributed by atoms with E-state index in [1.807, 2.05) is 12.3 Å². The van der Waals surface area contributed by atoms with E-state index in [4.69, 9.17) is 9.15 Å². The Morgan fingerprint density at radius 1 is 1.19 bits per heavy atom. The molecule has 0 aliphatic carbocycles. The minimum atomic E-state index is -0.428. The summed E-state index contributed by atoms with van der Waals surface area (Å²) >= 11 is 0. The van der Waals surface area contributed by atoms with Gasteiger partial charge in [-0.2, -0.15) is 0 Å². The van der Waals surface area contributed by atoms with Crippen LogP contribution in [0.4, 0.5) is 5.69 Å². The summed E-state index contributed by atoms with van der Waals surface area (Å²) in [5.74, 6) is 1.16. The van der Waals surface area contributed by atoms with Crippen LogP contribution >= 0.6 is 0 Å². The number of pyridine rings is 1. The number of hydrogen-bond donors (Lipinski definition) is 0. The van der Waals surface area contributed by atoms with Crippen LogP contribution in [-0.4, -0.2) is 51.8 Å². The van der Waals surface area contributed by atoms with Gasteiger partial charge in [0.2, 0.25) is 0 Å². The number of ether oxygens (including phenoxy) is 1. The number of rotatable bonds is 7. The molecule has 1 fully saturated rings. The van der Waals surface area contributed by atoms with Crippen molar-refractivity contribution in [2.24, 2.45) is 0 Å². The Morgan fingerprint density at radius 2 is 2.00 bits per heavy atom. The molecule has 4 rings (SSSR count). The Morgan fingerprint density at radius 3 is 2.69 bits per heavy atom. The highest BCUT2D eigenvalue weighted by atomic mass is 16.6. The number of amides is 1. The van der Waals surface area contributed by atoms with Gasteiger partial charge in [0.05, 0.1) is 4.92 Å². The summed E-state index contributed by atoms with van der Waals surface area (Å²) in [6, 6.07) is 11.9. The summed E-state index contributed by atoms with van der Waals surface area (Å²) in [6.07, 6.45) is 3.62. The minimum absolute atomic E-state index is 0.0452. The number of aromatic nitrogens is 1. The minimum Gasteiger partial charge on any atom is -0.486 e. The van der Waals surface area contributed by atoms with Crippen LogP contribution in [0.25, 0.3) is 0 Å². The summed E-state index contributed by atoms with van der Waals surface area (Å²) < 4.78 is 11.4. The summed E-state index contributed by atoms with van der Waals surface area (Å²) in [5.41, 5.74) is 1.72. The molecule has 1 saturated heterocycles. The fraction of sp³-hybridized carbons (Fsp3) is 0.304. The molecule has 9 heteroatoms. The van der Waals surface area contributed by atoms with E-state index < -0.39 is 4.92 Å². The van der Waals surface area contributed by atoms with Crippen LogP contribution in [0.1, 0.15) is 27.4 Å². The first-order chi connectivity index (χ1) is 15.5. The number of furan rings is 1. The Kier molecular flexibility index (Phi) is 6.46. The highest BCUT2D eigenvalue weighted by Gasteiger charge is 2.24. The molecule has 0 bridgehead atoms. The largest absolute Gasteiger partial charge is 0.486 e. The molecule has 0 N–H and O–H groups in total. The second kappa shape index (κ2) is 9.61. The van der Waals surface area contributed by atoms with Crippen molar-refractivity contribution in [3.63, 3.8) is 0 Å². The van der Waals surface area contributed by atoms with Crippen molar-refractivity contribution < 1.29 is 18.9 Å².